The fraction of sp³-hybridized carbons (Fsp3) is 0. The number of halogens is 3. The number of nitrogen functional groups attached to an aromatic ring is 1. The highest BCUT2D eigenvalue weighted by molar-refractivity contribution is 5.80. The standard InChI is InChI=1S/C13H8F3N3/c14-7-5-8(15)12(9(16)6-7)19-11-4-2-1-3-10(11)18-13(19)17/h1-6H,(H2,17,18). The van der Waals surface area contributed by atoms with Crippen LogP contribution in [0.25, 0.3) is 16.7 Å². The first-order chi connectivity index (χ1) is 9.08. The first-order valence-electron chi connectivity index (χ1n) is 5.46. The molecule has 0 atom stereocenters. The molecule has 0 aliphatic rings. The van der Waals surface area contributed by atoms with Gasteiger partial charge in [-0.15, -0.1) is 0 Å². The summed E-state index contributed by atoms with van der Waals surface area (Å²) in [6.45, 7) is 0. The second kappa shape index (κ2) is 4.01. The van der Waals surface area contributed by atoms with Crippen molar-refractivity contribution in [3.8, 4) is 5.69 Å². The number of benzene rings is 2. The van der Waals surface area contributed by atoms with Crippen LogP contribution >= 0.6 is 0 Å². The predicted octanol–water partition coefficient (Wildman–Crippen LogP) is 3.03. The van der Waals surface area contributed by atoms with Gasteiger partial charge in [-0.25, -0.2) is 18.2 Å². The highest BCUT2D eigenvalue weighted by atomic mass is 19.1. The van der Waals surface area contributed by atoms with Crippen LogP contribution in [-0.4, -0.2) is 9.55 Å². The van der Waals surface area contributed by atoms with Gasteiger partial charge in [-0.1, -0.05) is 12.1 Å². The lowest BCUT2D eigenvalue weighted by atomic mass is 10.2. The molecule has 0 bridgehead atoms. The topological polar surface area (TPSA) is 43.8 Å². The normalized spacial score (nSPS) is 11.1. The lowest BCUT2D eigenvalue weighted by molar-refractivity contribution is 0.536. The Morgan fingerprint density at radius 1 is 1.00 bits per heavy atom. The third-order valence-corrected chi connectivity index (χ3v) is 2.79. The van der Waals surface area contributed by atoms with Crippen molar-refractivity contribution in [1.82, 2.24) is 9.55 Å². The summed E-state index contributed by atoms with van der Waals surface area (Å²) in [5.74, 6) is -3.12. The van der Waals surface area contributed by atoms with Gasteiger partial charge in [0.1, 0.15) is 11.5 Å². The fourth-order valence-corrected chi connectivity index (χ4v) is 2.03. The highest BCUT2D eigenvalue weighted by Crippen LogP contribution is 2.27. The maximum atomic E-state index is 13.8. The molecular formula is C13H8F3N3. The summed E-state index contributed by atoms with van der Waals surface area (Å²) in [6.07, 6.45) is 0. The number of para-hydroxylation sites is 2. The van der Waals surface area contributed by atoms with Crippen LogP contribution in [0.4, 0.5) is 19.1 Å². The molecule has 0 aliphatic carbocycles. The van der Waals surface area contributed by atoms with E-state index in [0.29, 0.717) is 23.2 Å². The smallest absolute Gasteiger partial charge is 0.206 e. The summed E-state index contributed by atoms with van der Waals surface area (Å²) in [6, 6.07) is 7.93. The fourth-order valence-electron chi connectivity index (χ4n) is 2.03. The minimum Gasteiger partial charge on any atom is -0.369 e. The third-order valence-electron chi connectivity index (χ3n) is 2.79. The summed E-state index contributed by atoms with van der Waals surface area (Å²) in [7, 11) is 0. The maximum Gasteiger partial charge on any atom is 0.206 e. The summed E-state index contributed by atoms with van der Waals surface area (Å²) in [4.78, 5) is 4.01. The average Bonchev–Trinajstić information content (AvgIpc) is 2.65. The molecular weight excluding hydrogens is 255 g/mol. The molecule has 2 N–H and O–H groups in total. The summed E-state index contributed by atoms with van der Waals surface area (Å²) >= 11 is 0. The van der Waals surface area contributed by atoms with Crippen LogP contribution < -0.4 is 5.73 Å². The van der Waals surface area contributed by atoms with Crippen molar-refractivity contribution in [2.45, 2.75) is 0 Å². The first-order valence-corrected chi connectivity index (χ1v) is 5.46. The molecule has 1 aromatic heterocycles. The summed E-state index contributed by atoms with van der Waals surface area (Å²) < 4.78 is 41.6. The largest absolute Gasteiger partial charge is 0.369 e. The van der Waals surface area contributed by atoms with Gasteiger partial charge in [-0.3, -0.25) is 4.57 Å². The van der Waals surface area contributed by atoms with Gasteiger partial charge in [0.05, 0.1) is 11.0 Å². The quantitative estimate of drug-likeness (QED) is 0.733. The van der Waals surface area contributed by atoms with E-state index in [2.05, 4.69) is 4.98 Å². The van der Waals surface area contributed by atoms with Gasteiger partial charge in [-0.2, -0.15) is 0 Å². The Kier molecular flexibility index (Phi) is 2.45. The van der Waals surface area contributed by atoms with E-state index in [1.807, 2.05) is 0 Å². The van der Waals surface area contributed by atoms with Gasteiger partial charge >= 0.3 is 0 Å². The van der Waals surface area contributed by atoms with Gasteiger partial charge in [0.25, 0.3) is 0 Å². The summed E-state index contributed by atoms with van der Waals surface area (Å²) in [5.41, 5.74) is 6.20. The van der Waals surface area contributed by atoms with E-state index in [4.69, 9.17) is 5.73 Å². The van der Waals surface area contributed by atoms with Crippen LogP contribution in [0.15, 0.2) is 36.4 Å². The number of imidazole rings is 1. The maximum absolute atomic E-state index is 13.8. The molecule has 0 aliphatic heterocycles. The molecule has 0 fully saturated rings. The van der Waals surface area contributed by atoms with Crippen molar-refractivity contribution in [3.05, 3.63) is 53.8 Å². The van der Waals surface area contributed by atoms with E-state index in [9.17, 15) is 13.2 Å². The van der Waals surface area contributed by atoms with Crippen molar-refractivity contribution in [2.75, 3.05) is 5.73 Å². The lowest BCUT2D eigenvalue weighted by Gasteiger charge is -2.09. The van der Waals surface area contributed by atoms with Crippen molar-refractivity contribution in [1.29, 1.82) is 0 Å². The number of fused-ring (bicyclic) bond motifs is 1. The van der Waals surface area contributed by atoms with E-state index in [0.717, 1.165) is 4.57 Å². The molecule has 0 radical (unpaired) electrons. The molecule has 0 spiro atoms. The zero-order chi connectivity index (χ0) is 13.6. The van der Waals surface area contributed by atoms with Crippen LogP contribution in [0, 0.1) is 17.5 Å². The van der Waals surface area contributed by atoms with E-state index in [1.54, 1.807) is 24.3 Å². The molecule has 6 heteroatoms. The predicted molar refractivity (Wildman–Crippen MR) is 65.4 cm³/mol. The molecule has 0 unspecified atom stereocenters. The Bertz CT molecular complexity index is 757. The number of rotatable bonds is 1. The van der Waals surface area contributed by atoms with Crippen LogP contribution in [0.5, 0.6) is 0 Å². The molecule has 3 rings (SSSR count). The average molecular weight is 263 g/mol. The van der Waals surface area contributed by atoms with Gasteiger partial charge < -0.3 is 5.73 Å². The third kappa shape index (κ3) is 1.72. The van der Waals surface area contributed by atoms with E-state index < -0.39 is 23.1 Å². The Hall–Kier alpha value is -2.50. The van der Waals surface area contributed by atoms with Crippen LogP contribution in [-0.2, 0) is 0 Å². The molecule has 0 amide bonds. The Morgan fingerprint density at radius 2 is 1.63 bits per heavy atom. The van der Waals surface area contributed by atoms with E-state index >= 15 is 0 Å². The summed E-state index contributed by atoms with van der Waals surface area (Å²) in [5, 5.41) is 0. The molecule has 3 nitrogen and oxygen atoms in total. The SMILES string of the molecule is Nc1nc2ccccc2n1-c1c(F)cc(F)cc1F. The van der Waals surface area contributed by atoms with Crippen LogP contribution in [0.2, 0.25) is 0 Å². The van der Waals surface area contributed by atoms with Crippen molar-refractivity contribution in [3.63, 3.8) is 0 Å². The minimum absolute atomic E-state index is 0.0643. The number of hydrogen-bond acceptors (Lipinski definition) is 2. The van der Waals surface area contributed by atoms with Crippen molar-refractivity contribution in [2.24, 2.45) is 0 Å². The number of nitrogens with zero attached hydrogens (tertiary/aromatic N) is 2. The zero-order valence-electron chi connectivity index (χ0n) is 9.57. The molecule has 2 aromatic carbocycles. The first kappa shape index (κ1) is 11.6. The highest BCUT2D eigenvalue weighted by Gasteiger charge is 2.18. The second-order valence-corrected chi connectivity index (χ2v) is 4.01. The molecule has 0 saturated carbocycles. The lowest BCUT2D eigenvalue weighted by Crippen LogP contribution is -2.06. The zero-order valence-corrected chi connectivity index (χ0v) is 9.57. The Morgan fingerprint density at radius 3 is 2.32 bits per heavy atom. The molecule has 0 saturated heterocycles. The van der Waals surface area contributed by atoms with Crippen molar-refractivity contribution >= 4 is 17.0 Å². The number of aromatic nitrogens is 2. The molecule has 19 heavy (non-hydrogen) atoms. The Labute approximate surface area is 106 Å². The van der Waals surface area contributed by atoms with E-state index in [1.165, 1.54) is 0 Å². The van der Waals surface area contributed by atoms with Crippen molar-refractivity contribution < 1.29 is 13.2 Å². The number of nitrogens with two attached hydrogens (primary N) is 1. The van der Waals surface area contributed by atoms with E-state index in [-0.39, 0.29) is 5.95 Å². The van der Waals surface area contributed by atoms with Gasteiger partial charge in [0.2, 0.25) is 5.95 Å². The molecule has 3 aromatic rings. The number of hydrogen-bond donors (Lipinski definition) is 1. The van der Waals surface area contributed by atoms with Crippen LogP contribution in [0.3, 0.4) is 0 Å². The van der Waals surface area contributed by atoms with Crippen LogP contribution in [0.1, 0.15) is 0 Å². The van der Waals surface area contributed by atoms with Gasteiger partial charge in [0.15, 0.2) is 11.6 Å². The van der Waals surface area contributed by atoms with Gasteiger partial charge in [0, 0.05) is 12.1 Å². The monoisotopic (exact) mass is 263 g/mol. The number of anilines is 1. The second-order valence-electron chi connectivity index (χ2n) is 4.01. The molecule has 1 heterocycles. The Balaban J connectivity index is 2.40. The molecule has 96 valence electrons. The minimum atomic E-state index is -1.03. The van der Waals surface area contributed by atoms with Gasteiger partial charge in [-0.05, 0) is 12.1 Å².